The van der Waals surface area contributed by atoms with Crippen LogP contribution >= 0.6 is 0 Å². The zero-order valence-electron chi connectivity index (χ0n) is 13.8. The summed E-state index contributed by atoms with van der Waals surface area (Å²) in [5.74, 6) is 3.53. The number of carbonyl (C=O) groups is 1. The van der Waals surface area contributed by atoms with E-state index in [-0.39, 0.29) is 12.5 Å². The lowest BCUT2D eigenvalue weighted by Gasteiger charge is -2.23. The molecule has 1 aromatic rings. The number of terminal acetylenes is 1. The fourth-order valence-electron chi connectivity index (χ4n) is 2.24. The Bertz CT molecular complexity index is 614. The van der Waals surface area contributed by atoms with Crippen LogP contribution in [0.4, 0.5) is 0 Å². The molecule has 1 unspecified atom stereocenters. The Morgan fingerprint density at radius 1 is 1.43 bits per heavy atom. The molecule has 5 nitrogen and oxygen atoms in total. The van der Waals surface area contributed by atoms with Gasteiger partial charge in [-0.1, -0.05) is 12.0 Å². The first-order valence-electron chi connectivity index (χ1n) is 7.49. The van der Waals surface area contributed by atoms with Crippen LogP contribution in [0, 0.1) is 23.7 Å². The molecular weight excluding hydrogens is 292 g/mol. The Hall–Kier alpha value is -2.66. The molecule has 0 saturated carbocycles. The number of benzene rings is 1. The highest BCUT2D eigenvalue weighted by atomic mass is 16.5. The normalized spacial score (nSPS) is 11.0. The minimum atomic E-state index is -0.415. The highest BCUT2D eigenvalue weighted by molar-refractivity contribution is 5.77. The molecule has 1 atom stereocenters. The second-order valence-corrected chi connectivity index (χ2v) is 4.96. The Labute approximate surface area is 137 Å². The number of nitrogens with zero attached hydrogens (tertiary/aromatic N) is 2. The topological polar surface area (TPSA) is 62.6 Å². The molecule has 1 aromatic carbocycles. The first-order valence-corrected chi connectivity index (χ1v) is 7.49. The van der Waals surface area contributed by atoms with Gasteiger partial charge in [0, 0.05) is 13.0 Å². The van der Waals surface area contributed by atoms with Crippen LogP contribution in [0.15, 0.2) is 18.2 Å². The number of ether oxygens (including phenoxy) is 2. The average Bonchev–Trinajstić information content (AvgIpc) is 2.58. The van der Waals surface area contributed by atoms with Crippen LogP contribution in [0.1, 0.15) is 25.8 Å². The predicted octanol–water partition coefficient (Wildman–Crippen LogP) is 2.40. The largest absolute Gasteiger partial charge is 0.493 e. The van der Waals surface area contributed by atoms with Gasteiger partial charge >= 0.3 is 0 Å². The van der Waals surface area contributed by atoms with E-state index in [2.05, 4.69) is 12.0 Å². The minimum absolute atomic E-state index is 0.0341. The van der Waals surface area contributed by atoms with Crippen LogP contribution < -0.4 is 9.47 Å². The Morgan fingerprint density at radius 3 is 2.74 bits per heavy atom. The number of aryl methyl sites for hydroxylation is 1. The van der Waals surface area contributed by atoms with Gasteiger partial charge in [0.1, 0.15) is 12.6 Å². The molecule has 0 aliphatic rings. The maximum absolute atomic E-state index is 12.2. The third kappa shape index (κ3) is 5.23. The molecule has 0 aliphatic heterocycles. The maximum atomic E-state index is 12.2. The summed E-state index contributed by atoms with van der Waals surface area (Å²) in [6, 6.07) is 7.18. The molecule has 1 rings (SSSR count). The van der Waals surface area contributed by atoms with Crippen LogP contribution in [-0.4, -0.2) is 37.1 Å². The molecule has 1 amide bonds. The molecule has 0 aliphatic carbocycles. The maximum Gasteiger partial charge on any atom is 0.223 e. The standard InChI is InChI=1S/C18H22N2O3/c1-5-11-23-16-9-7-15(12-17(16)22-4)8-10-18(21)20(6-2)14(3)13-19/h1,7,9,12,14H,6,8,10-11H2,2-4H3. The van der Waals surface area contributed by atoms with E-state index in [9.17, 15) is 4.79 Å². The number of amides is 1. The fourth-order valence-corrected chi connectivity index (χ4v) is 2.24. The summed E-state index contributed by atoms with van der Waals surface area (Å²) in [6.45, 7) is 4.29. The molecule has 0 spiro atoms. The Morgan fingerprint density at radius 2 is 2.17 bits per heavy atom. The van der Waals surface area contributed by atoms with Crippen molar-refractivity contribution < 1.29 is 14.3 Å². The zero-order chi connectivity index (χ0) is 17.2. The lowest BCUT2D eigenvalue weighted by atomic mass is 10.1. The summed E-state index contributed by atoms with van der Waals surface area (Å²) in [6.07, 6.45) is 6.08. The quantitative estimate of drug-likeness (QED) is 0.691. The molecule has 122 valence electrons. The van der Waals surface area contributed by atoms with Crippen LogP contribution in [0.5, 0.6) is 11.5 Å². The SMILES string of the molecule is C#CCOc1ccc(CCC(=O)N(CC)C(C)C#N)cc1OC. The lowest BCUT2D eigenvalue weighted by molar-refractivity contribution is -0.131. The van der Waals surface area contributed by atoms with E-state index < -0.39 is 6.04 Å². The third-order valence-corrected chi connectivity index (χ3v) is 3.48. The van der Waals surface area contributed by atoms with Gasteiger partial charge in [0.05, 0.1) is 13.2 Å². The van der Waals surface area contributed by atoms with Crippen LogP contribution in [-0.2, 0) is 11.2 Å². The highest BCUT2D eigenvalue weighted by Gasteiger charge is 2.17. The first kappa shape index (κ1) is 18.4. The van der Waals surface area contributed by atoms with Crippen molar-refractivity contribution in [1.29, 1.82) is 5.26 Å². The van der Waals surface area contributed by atoms with Gasteiger partial charge in [-0.3, -0.25) is 4.79 Å². The second-order valence-electron chi connectivity index (χ2n) is 4.96. The van der Waals surface area contributed by atoms with Crippen molar-refractivity contribution in [3.8, 4) is 29.9 Å². The van der Waals surface area contributed by atoms with Crippen LogP contribution in [0.3, 0.4) is 0 Å². The van der Waals surface area contributed by atoms with Crippen molar-refractivity contribution in [2.24, 2.45) is 0 Å². The van der Waals surface area contributed by atoms with E-state index in [0.717, 1.165) is 5.56 Å². The summed E-state index contributed by atoms with van der Waals surface area (Å²) in [4.78, 5) is 13.8. The molecule has 0 bridgehead atoms. The van der Waals surface area contributed by atoms with Gasteiger partial charge in [-0.2, -0.15) is 5.26 Å². The molecule has 0 saturated heterocycles. The number of hydrogen-bond acceptors (Lipinski definition) is 4. The summed E-state index contributed by atoms with van der Waals surface area (Å²) < 4.78 is 10.7. The number of hydrogen-bond donors (Lipinski definition) is 0. The molecule has 23 heavy (non-hydrogen) atoms. The molecular formula is C18H22N2O3. The molecule has 0 radical (unpaired) electrons. The average molecular weight is 314 g/mol. The van der Waals surface area contributed by atoms with Gasteiger partial charge in [-0.15, -0.1) is 6.42 Å². The van der Waals surface area contributed by atoms with Crippen molar-refractivity contribution in [2.45, 2.75) is 32.7 Å². The van der Waals surface area contributed by atoms with Crippen molar-refractivity contribution in [3.05, 3.63) is 23.8 Å². The second kappa shape index (κ2) is 9.38. The van der Waals surface area contributed by atoms with Gasteiger partial charge in [0.2, 0.25) is 5.91 Å². The van der Waals surface area contributed by atoms with Gasteiger partial charge in [-0.05, 0) is 38.0 Å². The summed E-state index contributed by atoms with van der Waals surface area (Å²) >= 11 is 0. The van der Waals surface area contributed by atoms with Crippen LogP contribution in [0.2, 0.25) is 0 Å². The van der Waals surface area contributed by atoms with Crippen molar-refractivity contribution in [3.63, 3.8) is 0 Å². The Balaban J connectivity index is 2.73. The van der Waals surface area contributed by atoms with Crippen molar-refractivity contribution >= 4 is 5.91 Å². The van der Waals surface area contributed by atoms with Gasteiger partial charge in [0.15, 0.2) is 11.5 Å². The van der Waals surface area contributed by atoms with E-state index in [1.807, 2.05) is 19.1 Å². The van der Waals surface area contributed by atoms with Crippen LogP contribution in [0.25, 0.3) is 0 Å². The van der Waals surface area contributed by atoms with E-state index in [0.29, 0.717) is 30.9 Å². The van der Waals surface area contributed by atoms with E-state index in [4.69, 9.17) is 21.2 Å². The molecule has 0 aromatic heterocycles. The van der Waals surface area contributed by atoms with Gasteiger partial charge < -0.3 is 14.4 Å². The summed E-state index contributed by atoms with van der Waals surface area (Å²) in [7, 11) is 1.56. The zero-order valence-corrected chi connectivity index (χ0v) is 13.8. The van der Waals surface area contributed by atoms with E-state index in [1.165, 1.54) is 0 Å². The smallest absolute Gasteiger partial charge is 0.223 e. The molecule has 5 heteroatoms. The van der Waals surface area contributed by atoms with E-state index in [1.54, 1.807) is 25.0 Å². The number of nitriles is 1. The predicted molar refractivity (Wildman–Crippen MR) is 88.1 cm³/mol. The third-order valence-electron chi connectivity index (χ3n) is 3.48. The minimum Gasteiger partial charge on any atom is -0.493 e. The van der Waals surface area contributed by atoms with E-state index >= 15 is 0 Å². The number of rotatable bonds is 8. The Kier molecular flexibility index (Phi) is 7.50. The first-order chi connectivity index (χ1) is 11.1. The van der Waals surface area contributed by atoms with Crippen molar-refractivity contribution in [1.82, 2.24) is 4.90 Å². The van der Waals surface area contributed by atoms with Gasteiger partial charge in [-0.25, -0.2) is 0 Å². The lowest BCUT2D eigenvalue weighted by Crippen LogP contribution is -2.37. The summed E-state index contributed by atoms with van der Waals surface area (Å²) in [5, 5.41) is 8.95. The number of methoxy groups -OCH3 is 1. The molecule has 0 heterocycles. The summed E-state index contributed by atoms with van der Waals surface area (Å²) in [5.41, 5.74) is 0.962. The monoisotopic (exact) mass is 314 g/mol. The van der Waals surface area contributed by atoms with Gasteiger partial charge in [0.25, 0.3) is 0 Å². The molecule has 0 fully saturated rings. The fraction of sp³-hybridized carbons (Fsp3) is 0.444. The molecule has 0 N–H and O–H groups in total. The highest BCUT2D eigenvalue weighted by Crippen LogP contribution is 2.28. The van der Waals surface area contributed by atoms with Crippen molar-refractivity contribution in [2.75, 3.05) is 20.3 Å². The number of carbonyl (C=O) groups excluding carboxylic acids is 1.